The zero-order chi connectivity index (χ0) is 18.5. The summed E-state index contributed by atoms with van der Waals surface area (Å²) >= 11 is 2.05. The average Bonchev–Trinajstić information content (AvgIpc) is 2.73. The maximum atomic E-state index is 4.48. The van der Waals surface area contributed by atoms with Gasteiger partial charge >= 0.3 is 0 Å². The first kappa shape index (κ1) is 18.4. The second kappa shape index (κ2) is 8.83. The molecule has 27 heavy (non-hydrogen) atoms. The van der Waals surface area contributed by atoms with Crippen LogP contribution in [0.4, 0.5) is 17.3 Å². The molecule has 3 heterocycles. The van der Waals surface area contributed by atoms with E-state index in [0.29, 0.717) is 0 Å². The molecule has 1 atom stereocenters. The van der Waals surface area contributed by atoms with E-state index in [1.807, 2.05) is 11.8 Å². The Bertz CT molecular complexity index is 730. The summed E-state index contributed by atoms with van der Waals surface area (Å²) in [5, 5.41) is 3.46. The maximum Gasteiger partial charge on any atom is 0.134 e. The SMILES string of the molecule is CC1CCCN(c2cc(NCc3ccc(N4CCSCC4)cc3)ncn2)C1. The third-order valence-electron chi connectivity index (χ3n) is 5.42. The van der Waals surface area contributed by atoms with Gasteiger partial charge in [-0.2, -0.15) is 11.8 Å². The highest BCUT2D eigenvalue weighted by Gasteiger charge is 2.18. The number of thioether (sulfide) groups is 1. The van der Waals surface area contributed by atoms with E-state index in [-0.39, 0.29) is 0 Å². The fraction of sp³-hybridized carbons (Fsp3) is 0.524. The Hall–Kier alpha value is -1.95. The van der Waals surface area contributed by atoms with Crippen LogP contribution in [0.1, 0.15) is 25.3 Å². The minimum absolute atomic E-state index is 0.738. The van der Waals surface area contributed by atoms with Crippen LogP contribution in [0.15, 0.2) is 36.7 Å². The fourth-order valence-electron chi connectivity index (χ4n) is 3.85. The minimum Gasteiger partial charge on any atom is -0.370 e. The predicted octanol–water partition coefficient (Wildman–Crippen LogP) is 3.88. The van der Waals surface area contributed by atoms with Gasteiger partial charge in [-0.25, -0.2) is 9.97 Å². The molecule has 1 aromatic carbocycles. The number of piperidine rings is 1. The summed E-state index contributed by atoms with van der Waals surface area (Å²) in [6, 6.07) is 11.0. The zero-order valence-corrected chi connectivity index (χ0v) is 16.9. The predicted molar refractivity (Wildman–Crippen MR) is 116 cm³/mol. The lowest BCUT2D eigenvalue weighted by Gasteiger charge is -2.31. The van der Waals surface area contributed by atoms with E-state index in [1.54, 1.807) is 6.33 Å². The number of hydrogen-bond donors (Lipinski definition) is 1. The van der Waals surface area contributed by atoms with Crippen molar-refractivity contribution in [2.45, 2.75) is 26.3 Å². The number of anilines is 3. The van der Waals surface area contributed by atoms with E-state index >= 15 is 0 Å². The molecule has 2 fully saturated rings. The van der Waals surface area contributed by atoms with Crippen molar-refractivity contribution in [2.24, 2.45) is 5.92 Å². The summed E-state index contributed by atoms with van der Waals surface area (Å²) < 4.78 is 0. The van der Waals surface area contributed by atoms with Crippen molar-refractivity contribution in [1.29, 1.82) is 0 Å². The van der Waals surface area contributed by atoms with Crippen molar-refractivity contribution in [3.63, 3.8) is 0 Å². The van der Waals surface area contributed by atoms with Crippen molar-refractivity contribution in [2.75, 3.05) is 52.8 Å². The van der Waals surface area contributed by atoms with Gasteiger partial charge in [0, 0.05) is 56.0 Å². The van der Waals surface area contributed by atoms with Gasteiger partial charge in [0.15, 0.2) is 0 Å². The van der Waals surface area contributed by atoms with Crippen molar-refractivity contribution < 1.29 is 0 Å². The number of benzene rings is 1. The Morgan fingerprint density at radius 1 is 1.07 bits per heavy atom. The lowest BCUT2D eigenvalue weighted by molar-refractivity contribution is 0.444. The van der Waals surface area contributed by atoms with Gasteiger partial charge in [0.2, 0.25) is 0 Å². The van der Waals surface area contributed by atoms with Crippen LogP contribution < -0.4 is 15.1 Å². The van der Waals surface area contributed by atoms with Crippen LogP contribution in [0, 0.1) is 5.92 Å². The van der Waals surface area contributed by atoms with Crippen LogP contribution in [-0.2, 0) is 6.54 Å². The molecule has 2 aromatic rings. The van der Waals surface area contributed by atoms with Gasteiger partial charge < -0.3 is 15.1 Å². The van der Waals surface area contributed by atoms with Gasteiger partial charge in [0.25, 0.3) is 0 Å². The molecule has 5 nitrogen and oxygen atoms in total. The first-order valence-corrected chi connectivity index (χ1v) is 11.2. The summed E-state index contributed by atoms with van der Waals surface area (Å²) in [5.41, 5.74) is 2.61. The molecule has 2 aliphatic rings. The number of aromatic nitrogens is 2. The van der Waals surface area contributed by atoms with Crippen LogP contribution in [0.25, 0.3) is 0 Å². The van der Waals surface area contributed by atoms with E-state index in [1.165, 1.54) is 35.6 Å². The summed E-state index contributed by atoms with van der Waals surface area (Å²) in [6.07, 6.45) is 4.24. The third kappa shape index (κ3) is 4.86. The van der Waals surface area contributed by atoms with Crippen LogP contribution in [-0.4, -0.2) is 47.7 Å². The van der Waals surface area contributed by atoms with Gasteiger partial charge in [-0.15, -0.1) is 0 Å². The molecule has 4 rings (SSSR count). The minimum atomic E-state index is 0.738. The number of nitrogens with zero attached hydrogens (tertiary/aromatic N) is 4. The molecule has 2 aliphatic heterocycles. The van der Waals surface area contributed by atoms with E-state index in [2.05, 4.69) is 62.3 Å². The molecule has 0 radical (unpaired) electrons. The molecular formula is C21H29N5S. The zero-order valence-electron chi connectivity index (χ0n) is 16.1. The summed E-state index contributed by atoms with van der Waals surface area (Å²) in [7, 11) is 0. The van der Waals surface area contributed by atoms with Gasteiger partial charge in [-0.1, -0.05) is 19.1 Å². The standard InChI is InChI=1S/C21H29N5S/c1-17-3-2-8-26(15-17)21-13-20(23-16-24-21)22-14-18-4-6-19(7-5-18)25-9-11-27-12-10-25/h4-7,13,16-17H,2-3,8-12,14-15H2,1H3,(H,22,23,24). The Labute approximate surface area is 166 Å². The summed E-state index contributed by atoms with van der Waals surface area (Å²) in [6.45, 7) is 7.59. The van der Waals surface area contributed by atoms with Crippen molar-refractivity contribution in [1.82, 2.24) is 9.97 Å². The number of rotatable bonds is 5. The second-order valence-electron chi connectivity index (χ2n) is 7.57. The molecule has 0 amide bonds. The largest absolute Gasteiger partial charge is 0.370 e. The third-order valence-corrected chi connectivity index (χ3v) is 6.36. The Morgan fingerprint density at radius 3 is 2.67 bits per heavy atom. The highest BCUT2D eigenvalue weighted by molar-refractivity contribution is 7.99. The van der Waals surface area contributed by atoms with Crippen LogP contribution in [0.5, 0.6) is 0 Å². The van der Waals surface area contributed by atoms with Gasteiger partial charge in [-0.3, -0.25) is 0 Å². The second-order valence-corrected chi connectivity index (χ2v) is 8.80. The monoisotopic (exact) mass is 383 g/mol. The molecule has 0 bridgehead atoms. The Morgan fingerprint density at radius 2 is 1.89 bits per heavy atom. The van der Waals surface area contributed by atoms with E-state index in [9.17, 15) is 0 Å². The van der Waals surface area contributed by atoms with Crippen molar-refractivity contribution in [3.05, 3.63) is 42.2 Å². The molecule has 144 valence electrons. The van der Waals surface area contributed by atoms with Crippen LogP contribution in [0.2, 0.25) is 0 Å². The lowest BCUT2D eigenvalue weighted by atomic mass is 10.0. The summed E-state index contributed by atoms with van der Waals surface area (Å²) in [4.78, 5) is 13.7. The van der Waals surface area contributed by atoms with Crippen molar-refractivity contribution in [3.8, 4) is 0 Å². The number of hydrogen-bond acceptors (Lipinski definition) is 6. The van der Waals surface area contributed by atoms with Gasteiger partial charge in [0.1, 0.15) is 18.0 Å². The van der Waals surface area contributed by atoms with E-state index < -0.39 is 0 Å². The molecule has 2 saturated heterocycles. The van der Waals surface area contributed by atoms with E-state index in [0.717, 1.165) is 50.3 Å². The van der Waals surface area contributed by atoms with Crippen molar-refractivity contribution >= 4 is 29.1 Å². The van der Waals surface area contributed by atoms with Gasteiger partial charge in [0.05, 0.1) is 0 Å². The molecule has 1 aromatic heterocycles. The molecule has 0 aliphatic carbocycles. The highest BCUT2D eigenvalue weighted by atomic mass is 32.2. The average molecular weight is 384 g/mol. The molecule has 0 saturated carbocycles. The van der Waals surface area contributed by atoms with Crippen LogP contribution in [0.3, 0.4) is 0 Å². The number of nitrogens with one attached hydrogen (secondary N) is 1. The Kier molecular flexibility index (Phi) is 6.02. The quantitative estimate of drug-likeness (QED) is 0.845. The molecule has 1 unspecified atom stereocenters. The van der Waals surface area contributed by atoms with Crippen LogP contribution >= 0.6 is 11.8 Å². The van der Waals surface area contributed by atoms with E-state index in [4.69, 9.17) is 0 Å². The lowest BCUT2D eigenvalue weighted by Crippen LogP contribution is -2.34. The molecular weight excluding hydrogens is 354 g/mol. The summed E-state index contributed by atoms with van der Waals surface area (Å²) in [5.74, 6) is 5.14. The first-order valence-electron chi connectivity index (χ1n) is 10.0. The normalized spacial score (nSPS) is 20.6. The molecule has 0 spiro atoms. The fourth-order valence-corrected chi connectivity index (χ4v) is 4.76. The highest BCUT2D eigenvalue weighted by Crippen LogP contribution is 2.23. The molecule has 1 N–H and O–H groups in total. The van der Waals surface area contributed by atoms with Gasteiger partial charge in [-0.05, 0) is 36.5 Å². The molecule has 6 heteroatoms. The first-order chi connectivity index (χ1) is 13.3. The maximum absolute atomic E-state index is 4.48. The Balaban J connectivity index is 1.35. The topological polar surface area (TPSA) is 44.3 Å². The smallest absolute Gasteiger partial charge is 0.134 e.